The van der Waals surface area contributed by atoms with Gasteiger partial charge in [-0.3, -0.25) is 14.7 Å². The van der Waals surface area contributed by atoms with Crippen LogP contribution < -0.4 is 5.32 Å². The van der Waals surface area contributed by atoms with E-state index in [1.165, 1.54) is 10.6 Å². The first-order valence-corrected chi connectivity index (χ1v) is 12.9. The predicted octanol–water partition coefficient (Wildman–Crippen LogP) is 4.76. The number of hydrogen-bond acceptors (Lipinski definition) is 4. The zero-order valence-corrected chi connectivity index (χ0v) is 21.1. The van der Waals surface area contributed by atoms with Gasteiger partial charge >= 0.3 is 6.03 Å². The Morgan fingerprint density at radius 3 is 2.03 bits per heavy atom. The molecule has 6 heteroatoms. The van der Waals surface area contributed by atoms with Crippen molar-refractivity contribution in [3.63, 3.8) is 0 Å². The maximum Gasteiger partial charge on any atom is 0.325 e. The monoisotopic (exact) mass is 482 g/mol. The van der Waals surface area contributed by atoms with Crippen LogP contribution in [-0.4, -0.2) is 52.9 Å². The molecule has 3 aromatic rings. The van der Waals surface area contributed by atoms with Crippen LogP contribution in [0.3, 0.4) is 0 Å². The lowest BCUT2D eigenvalue weighted by Crippen LogP contribution is -2.45. The Kier molecular flexibility index (Phi) is 6.88. The minimum absolute atomic E-state index is 0.200. The van der Waals surface area contributed by atoms with E-state index >= 15 is 0 Å². The first-order chi connectivity index (χ1) is 17.5. The Balaban J connectivity index is 1.26. The van der Waals surface area contributed by atoms with Crippen LogP contribution in [0.2, 0.25) is 0 Å². The molecule has 0 bridgehead atoms. The molecule has 186 valence electrons. The number of likely N-dealkylation sites (tertiary alicyclic amines) is 1. The van der Waals surface area contributed by atoms with E-state index in [9.17, 15) is 9.59 Å². The summed E-state index contributed by atoms with van der Waals surface area (Å²) in [6.45, 7) is 7.33. The molecule has 3 amide bonds. The molecule has 36 heavy (non-hydrogen) atoms. The third kappa shape index (κ3) is 4.65. The van der Waals surface area contributed by atoms with Crippen molar-refractivity contribution in [2.24, 2.45) is 0 Å². The van der Waals surface area contributed by atoms with Gasteiger partial charge in [0.2, 0.25) is 0 Å². The molecule has 0 spiro atoms. The topological polar surface area (TPSA) is 65.5 Å². The number of benzene rings is 2. The van der Waals surface area contributed by atoms with Crippen molar-refractivity contribution in [1.29, 1.82) is 0 Å². The summed E-state index contributed by atoms with van der Waals surface area (Å²) in [6, 6.07) is 21.5. The number of pyridine rings is 1. The van der Waals surface area contributed by atoms with Crippen LogP contribution in [0.15, 0.2) is 72.9 Å². The quantitative estimate of drug-likeness (QED) is 0.493. The highest BCUT2D eigenvalue weighted by atomic mass is 16.2. The lowest BCUT2D eigenvalue weighted by molar-refractivity contribution is -0.130. The van der Waals surface area contributed by atoms with E-state index in [1.807, 2.05) is 74.6 Å². The van der Waals surface area contributed by atoms with Gasteiger partial charge in [0.1, 0.15) is 0 Å². The van der Waals surface area contributed by atoms with Crippen LogP contribution in [0.5, 0.6) is 0 Å². The van der Waals surface area contributed by atoms with Crippen molar-refractivity contribution in [2.45, 2.75) is 44.6 Å². The van der Waals surface area contributed by atoms with Gasteiger partial charge < -0.3 is 10.2 Å². The number of nitrogens with one attached hydrogen (secondary N) is 1. The minimum atomic E-state index is -1.19. The van der Waals surface area contributed by atoms with Crippen LogP contribution in [-0.2, 0) is 10.3 Å². The third-order valence-electron chi connectivity index (χ3n) is 7.62. The number of carbonyl (C=O) groups excluding carboxylic acids is 2. The van der Waals surface area contributed by atoms with Gasteiger partial charge in [-0.25, -0.2) is 4.79 Å². The number of rotatable bonds is 7. The summed E-state index contributed by atoms with van der Waals surface area (Å²) in [5.74, 6) is 0.312. The van der Waals surface area contributed by atoms with Gasteiger partial charge in [0.15, 0.2) is 5.54 Å². The zero-order valence-electron chi connectivity index (χ0n) is 21.1. The van der Waals surface area contributed by atoms with Crippen LogP contribution in [0.4, 0.5) is 4.79 Å². The van der Waals surface area contributed by atoms with Crippen molar-refractivity contribution in [3.8, 4) is 0 Å². The minimum Gasteiger partial charge on any atom is -0.315 e. The molecule has 6 nitrogen and oxygen atoms in total. The SMILES string of the molecule is Cc1ccc(C2(c3ccc(C)cc3)NC(=O)N(CCCN3CCC(c4ccccn4)CC3)C2=O)cc1. The largest absolute Gasteiger partial charge is 0.325 e. The molecule has 2 aromatic carbocycles. The lowest BCUT2D eigenvalue weighted by atomic mass is 9.82. The Labute approximate surface area is 213 Å². The molecule has 2 saturated heterocycles. The molecule has 2 aliphatic rings. The molecule has 0 radical (unpaired) electrons. The molecule has 0 atom stereocenters. The van der Waals surface area contributed by atoms with Crippen LogP contribution >= 0.6 is 0 Å². The highest BCUT2D eigenvalue weighted by molar-refractivity contribution is 6.09. The molecule has 1 aromatic heterocycles. The summed E-state index contributed by atoms with van der Waals surface area (Å²) in [7, 11) is 0. The van der Waals surface area contributed by atoms with E-state index in [2.05, 4.69) is 27.3 Å². The van der Waals surface area contributed by atoms with Crippen molar-refractivity contribution in [2.75, 3.05) is 26.2 Å². The standard InChI is InChI=1S/C30H34N4O2/c1-22-7-11-25(12-8-22)30(26-13-9-23(2)10-14-26)28(35)34(29(36)32-30)19-5-18-33-20-15-24(16-21-33)27-6-3-4-17-31-27/h3-4,6-14,17,24H,5,15-16,18-21H2,1-2H3,(H,32,36). The summed E-state index contributed by atoms with van der Waals surface area (Å²) >= 11 is 0. The van der Waals surface area contributed by atoms with E-state index in [0.717, 1.165) is 61.2 Å². The van der Waals surface area contributed by atoms with E-state index in [1.54, 1.807) is 0 Å². The second kappa shape index (κ2) is 10.2. The molecule has 5 rings (SSSR count). The summed E-state index contributed by atoms with van der Waals surface area (Å²) in [6.07, 6.45) is 4.80. The fourth-order valence-corrected chi connectivity index (χ4v) is 5.47. The maximum absolute atomic E-state index is 13.9. The molecule has 2 fully saturated rings. The van der Waals surface area contributed by atoms with Gasteiger partial charge in [-0.2, -0.15) is 0 Å². The predicted molar refractivity (Wildman–Crippen MR) is 141 cm³/mol. The number of imide groups is 1. The highest BCUT2D eigenvalue weighted by Crippen LogP contribution is 2.36. The van der Waals surface area contributed by atoms with Crippen molar-refractivity contribution < 1.29 is 9.59 Å². The summed E-state index contributed by atoms with van der Waals surface area (Å²) in [5, 5.41) is 3.07. The Hall–Kier alpha value is -3.51. The number of aromatic nitrogens is 1. The molecular formula is C30H34N4O2. The molecule has 0 unspecified atom stereocenters. The first-order valence-electron chi connectivity index (χ1n) is 12.9. The number of nitrogens with zero attached hydrogens (tertiary/aromatic N) is 3. The molecule has 1 N–H and O–H groups in total. The highest BCUT2D eigenvalue weighted by Gasteiger charge is 2.53. The summed E-state index contributed by atoms with van der Waals surface area (Å²) < 4.78 is 0. The van der Waals surface area contributed by atoms with E-state index in [-0.39, 0.29) is 11.9 Å². The number of carbonyl (C=O) groups is 2. The number of hydrogen-bond donors (Lipinski definition) is 1. The van der Waals surface area contributed by atoms with Crippen LogP contribution in [0.25, 0.3) is 0 Å². The molecule has 0 aliphatic carbocycles. The van der Waals surface area contributed by atoms with E-state index in [0.29, 0.717) is 12.5 Å². The maximum atomic E-state index is 13.9. The Morgan fingerprint density at radius 2 is 1.47 bits per heavy atom. The average Bonchev–Trinajstić information content (AvgIpc) is 3.16. The van der Waals surface area contributed by atoms with Crippen LogP contribution in [0.1, 0.15) is 53.1 Å². The number of aryl methyl sites for hydroxylation is 2. The van der Waals surface area contributed by atoms with Gasteiger partial charge in [-0.15, -0.1) is 0 Å². The molecule has 3 heterocycles. The second-order valence-electron chi connectivity index (χ2n) is 10.1. The van der Waals surface area contributed by atoms with Crippen molar-refractivity contribution in [1.82, 2.24) is 20.1 Å². The summed E-state index contributed by atoms with van der Waals surface area (Å²) in [4.78, 5) is 35.4. The Morgan fingerprint density at radius 1 is 0.861 bits per heavy atom. The molecule has 0 saturated carbocycles. The fraction of sp³-hybridized carbons (Fsp3) is 0.367. The number of piperidine rings is 1. The second-order valence-corrected chi connectivity index (χ2v) is 10.1. The Bertz CT molecular complexity index is 1150. The van der Waals surface area contributed by atoms with Gasteiger partial charge in [0.25, 0.3) is 5.91 Å². The third-order valence-corrected chi connectivity index (χ3v) is 7.62. The van der Waals surface area contributed by atoms with Gasteiger partial charge in [0, 0.05) is 24.4 Å². The van der Waals surface area contributed by atoms with E-state index < -0.39 is 5.54 Å². The normalized spacial score (nSPS) is 18.4. The summed E-state index contributed by atoms with van der Waals surface area (Å²) in [5.41, 5.74) is 3.78. The molecule has 2 aliphatic heterocycles. The average molecular weight is 483 g/mol. The van der Waals surface area contributed by atoms with Crippen LogP contribution in [0, 0.1) is 13.8 Å². The van der Waals surface area contributed by atoms with Crippen molar-refractivity contribution in [3.05, 3.63) is 101 Å². The van der Waals surface area contributed by atoms with Crippen molar-refractivity contribution >= 4 is 11.9 Å². The van der Waals surface area contributed by atoms with Gasteiger partial charge in [-0.1, -0.05) is 65.7 Å². The van der Waals surface area contributed by atoms with E-state index in [4.69, 9.17) is 0 Å². The zero-order chi connectivity index (χ0) is 25.1. The number of amides is 3. The smallest absolute Gasteiger partial charge is 0.315 e. The molecular weight excluding hydrogens is 448 g/mol. The number of urea groups is 1. The first kappa shape index (κ1) is 24.2. The fourth-order valence-electron chi connectivity index (χ4n) is 5.47. The van der Waals surface area contributed by atoms with Gasteiger partial charge in [-0.05, 0) is 76.0 Å². The lowest BCUT2D eigenvalue weighted by Gasteiger charge is -2.32. The van der Waals surface area contributed by atoms with Gasteiger partial charge in [0.05, 0.1) is 0 Å².